The molecule has 5 atom stereocenters. The van der Waals surface area contributed by atoms with E-state index in [0.29, 0.717) is 33.1 Å². The smallest absolute Gasteiger partial charge is 0.329 e. The second-order valence-corrected chi connectivity index (χ2v) is 12.6. The van der Waals surface area contributed by atoms with Crippen molar-refractivity contribution in [2.75, 3.05) is 29.6 Å². The molecule has 10 heteroatoms. The molecule has 9 nitrogen and oxygen atoms in total. The summed E-state index contributed by atoms with van der Waals surface area (Å²) in [6.45, 7) is 5.15. The number of ether oxygens (including phenoxy) is 3. The van der Waals surface area contributed by atoms with Crippen molar-refractivity contribution in [1.29, 1.82) is 0 Å². The highest BCUT2D eigenvalue weighted by molar-refractivity contribution is 6.30. The molecule has 0 radical (unpaired) electrons. The molecule has 4 aromatic rings. The first-order valence-corrected chi connectivity index (χ1v) is 17.2. The summed E-state index contributed by atoms with van der Waals surface area (Å²) in [6.07, 6.45) is 0.0555. The van der Waals surface area contributed by atoms with Crippen molar-refractivity contribution in [1.82, 2.24) is 0 Å². The molecular formula is C40H39ClN2O7. The number of amides is 1. The monoisotopic (exact) mass is 694 g/mol. The van der Waals surface area contributed by atoms with Crippen LogP contribution in [-0.4, -0.2) is 49.7 Å². The van der Waals surface area contributed by atoms with E-state index in [1.807, 2.05) is 65.6 Å². The third kappa shape index (κ3) is 6.00. The van der Waals surface area contributed by atoms with Crippen LogP contribution >= 0.6 is 11.6 Å². The van der Waals surface area contributed by atoms with Gasteiger partial charge in [0.2, 0.25) is 0 Å². The van der Waals surface area contributed by atoms with Crippen LogP contribution in [0.2, 0.25) is 5.02 Å². The zero-order valence-corrected chi connectivity index (χ0v) is 28.9. The highest BCUT2D eigenvalue weighted by Gasteiger charge is 2.69. The summed E-state index contributed by atoms with van der Waals surface area (Å²) in [5, 5.41) is 0.458. The van der Waals surface area contributed by atoms with E-state index in [1.165, 1.54) is 0 Å². The summed E-state index contributed by atoms with van der Waals surface area (Å²) < 4.78 is 17.1. The van der Waals surface area contributed by atoms with Gasteiger partial charge < -0.3 is 19.1 Å². The number of nitrogens with zero attached hydrogens (tertiary/aromatic N) is 2. The summed E-state index contributed by atoms with van der Waals surface area (Å²) in [4.78, 5) is 61.5. The molecule has 0 saturated carbocycles. The summed E-state index contributed by atoms with van der Waals surface area (Å²) in [7, 11) is 0. The Kier molecular flexibility index (Phi) is 10.2. The Bertz CT molecular complexity index is 1870. The second kappa shape index (κ2) is 14.8. The number of halogens is 1. The number of fused-ring (bicyclic) bond motifs is 3. The molecule has 2 aliphatic rings. The van der Waals surface area contributed by atoms with Gasteiger partial charge in [-0.15, -0.1) is 0 Å². The fourth-order valence-corrected chi connectivity index (χ4v) is 7.92. The standard InChI is InChI=1S/C40H39ClN2O7/c1-4-48-37(45)33-34(38(46)49-5-2)40(28-19-11-8-12-20-28)25-32(27-18-15-21-29(41)24-27)42(36(44)26-16-9-7-10-17-26)30-22-13-14-23-31(30)43(40)35(33)39(47)50-6-3/h7-24,32-35H,4-6,25H2,1-3H3/t32-,33-,34-,35+,40+/m0/s1. The van der Waals surface area contributed by atoms with E-state index >= 15 is 0 Å². The minimum atomic E-state index is -1.45. The number of rotatable bonds is 9. The Morgan fingerprint density at radius 1 is 0.700 bits per heavy atom. The molecule has 258 valence electrons. The molecule has 50 heavy (non-hydrogen) atoms. The fourth-order valence-electron chi connectivity index (χ4n) is 7.73. The van der Waals surface area contributed by atoms with Crippen LogP contribution in [-0.2, 0) is 34.1 Å². The summed E-state index contributed by atoms with van der Waals surface area (Å²) in [5.41, 5.74) is 1.28. The number of carbonyl (C=O) groups is 4. The van der Waals surface area contributed by atoms with E-state index in [0.717, 1.165) is 0 Å². The van der Waals surface area contributed by atoms with Crippen molar-refractivity contribution in [3.05, 3.63) is 131 Å². The predicted octanol–water partition coefficient (Wildman–Crippen LogP) is 7.14. The van der Waals surface area contributed by atoms with Gasteiger partial charge in [0, 0.05) is 17.0 Å². The van der Waals surface area contributed by atoms with Gasteiger partial charge in [-0.05, 0) is 68.3 Å². The molecule has 4 aromatic carbocycles. The van der Waals surface area contributed by atoms with Crippen molar-refractivity contribution < 1.29 is 33.4 Å². The first kappa shape index (κ1) is 34.7. The van der Waals surface area contributed by atoms with Crippen LogP contribution in [0.3, 0.4) is 0 Å². The maximum atomic E-state index is 14.9. The molecule has 1 fully saturated rings. The molecule has 0 spiro atoms. The molecule has 6 rings (SSSR count). The summed E-state index contributed by atoms with van der Waals surface area (Å²) in [6, 6.07) is 30.6. The van der Waals surface area contributed by atoms with E-state index in [1.54, 1.807) is 74.2 Å². The number of anilines is 2. The fraction of sp³-hybridized carbons (Fsp3) is 0.300. The predicted molar refractivity (Wildman–Crippen MR) is 190 cm³/mol. The lowest BCUT2D eigenvalue weighted by molar-refractivity contribution is -0.163. The van der Waals surface area contributed by atoms with Gasteiger partial charge in [0.25, 0.3) is 5.91 Å². The van der Waals surface area contributed by atoms with Gasteiger partial charge >= 0.3 is 17.9 Å². The SMILES string of the molecule is CCOC(=O)[C@H]1[C@@H](C(=O)OCC)[C@]2(c3ccccc3)C[C@@H](c3cccc(Cl)c3)N(C(=O)c3ccccc3)c3ccccc3N2[C@H]1C(=O)OCC. The Labute approximate surface area is 296 Å². The van der Waals surface area contributed by atoms with E-state index in [9.17, 15) is 19.2 Å². The molecule has 1 saturated heterocycles. The average molecular weight is 695 g/mol. The minimum Gasteiger partial charge on any atom is -0.466 e. The molecule has 2 aliphatic heterocycles. The lowest BCUT2D eigenvalue weighted by Crippen LogP contribution is -2.52. The normalized spacial score (nSPS) is 22.5. The number of esters is 3. The summed E-state index contributed by atoms with van der Waals surface area (Å²) >= 11 is 6.62. The van der Waals surface area contributed by atoms with Gasteiger partial charge in [-0.3, -0.25) is 19.3 Å². The van der Waals surface area contributed by atoms with Gasteiger partial charge in [-0.1, -0.05) is 84.4 Å². The van der Waals surface area contributed by atoms with Crippen molar-refractivity contribution in [2.24, 2.45) is 11.8 Å². The second-order valence-electron chi connectivity index (χ2n) is 12.2. The Morgan fingerprint density at radius 2 is 1.28 bits per heavy atom. The third-order valence-electron chi connectivity index (χ3n) is 9.51. The number of benzene rings is 4. The quantitative estimate of drug-likeness (QED) is 0.135. The van der Waals surface area contributed by atoms with E-state index in [-0.39, 0.29) is 32.1 Å². The maximum absolute atomic E-state index is 14.9. The zero-order chi connectivity index (χ0) is 35.4. The highest BCUT2D eigenvalue weighted by Crippen LogP contribution is 2.61. The van der Waals surface area contributed by atoms with Crippen LogP contribution in [0.25, 0.3) is 0 Å². The van der Waals surface area contributed by atoms with Crippen LogP contribution in [0.1, 0.15) is 54.7 Å². The van der Waals surface area contributed by atoms with Crippen molar-refractivity contribution in [3.63, 3.8) is 0 Å². The van der Waals surface area contributed by atoms with Gasteiger partial charge in [-0.25, -0.2) is 4.79 Å². The van der Waals surface area contributed by atoms with E-state index in [2.05, 4.69) is 0 Å². The first-order valence-electron chi connectivity index (χ1n) is 16.9. The Balaban J connectivity index is 1.77. The molecule has 0 N–H and O–H groups in total. The summed E-state index contributed by atoms with van der Waals surface area (Å²) in [5.74, 6) is -4.97. The molecule has 1 amide bonds. The highest BCUT2D eigenvalue weighted by atomic mass is 35.5. The Hall–Kier alpha value is -5.15. The minimum absolute atomic E-state index is 0.0276. The number of hydrogen-bond acceptors (Lipinski definition) is 8. The number of hydrogen-bond donors (Lipinski definition) is 0. The first-order chi connectivity index (χ1) is 24.3. The molecule has 0 unspecified atom stereocenters. The number of carbonyl (C=O) groups excluding carboxylic acids is 4. The van der Waals surface area contributed by atoms with Crippen molar-refractivity contribution in [3.8, 4) is 0 Å². The van der Waals surface area contributed by atoms with E-state index < -0.39 is 47.4 Å². The lowest BCUT2D eigenvalue weighted by atomic mass is 9.70. The Morgan fingerprint density at radius 3 is 1.92 bits per heavy atom. The third-order valence-corrected chi connectivity index (χ3v) is 9.75. The zero-order valence-electron chi connectivity index (χ0n) is 28.2. The maximum Gasteiger partial charge on any atom is 0.329 e. The molecule has 0 bridgehead atoms. The van der Waals surface area contributed by atoms with Crippen LogP contribution in [0, 0.1) is 11.8 Å². The van der Waals surface area contributed by atoms with Gasteiger partial charge in [0.05, 0.1) is 42.8 Å². The van der Waals surface area contributed by atoms with Crippen molar-refractivity contribution >= 4 is 46.8 Å². The van der Waals surface area contributed by atoms with E-state index in [4.69, 9.17) is 25.8 Å². The molecule has 0 aliphatic carbocycles. The van der Waals surface area contributed by atoms with Crippen LogP contribution in [0.15, 0.2) is 109 Å². The number of para-hydroxylation sites is 2. The molecular weight excluding hydrogens is 656 g/mol. The van der Waals surface area contributed by atoms with Gasteiger partial charge in [0.1, 0.15) is 17.9 Å². The average Bonchev–Trinajstić information content (AvgIpc) is 3.37. The lowest BCUT2D eigenvalue weighted by Gasteiger charge is -2.44. The molecule has 2 heterocycles. The van der Waals surface area contributed by atoms with Gasteiger partial charge in [-0.2, -0.15) is 0 Å². The largest absolute Gasteiger partial charge is 0.466 e. The van der Waals surface area contributed by atoms with Crippen LogP contribution in [0.5, 0.6) is 0 Å². The van der Waals surface area contributed by atoms with Crippen LogP contribution < -0.4 is 9.80 Å². The van der Waals surface area contributed by atoms with Crippen LogP contribution in [0.4, 0.5) is 11.4 Å². The van der Waals surface area contributed by atoms with Crippen molar-refractivity contribution in [2.45, 2.75) is 44.8 Å². The topological polar surface area (TPSA) is 102 Å². The van der Waals surface area contributed by atoms with Gasteiger partial charge in [0.15, 0.2) is 0 Å². The molecule has 0 aromatic heterocycles.